The number of fused-ring (bicyclic) bond motifs is 1. The fraction of sp³-hybridized carbons (Fsp3) is 0.333. The van der Waals surface area contributed by atoms with Crippen LogP contribution >= 0.6 is 23.1 Å². The van der Waals surface area contributed by atoms with Gasteiger partial charge in [-0.25, -0.2) is 0 Å². The lowest BCUT2D eigenvalue weighted by Crippen LogP contribution is -2.13. The van der Waals surface area contributed by atoms with E-state index in [1.807, 2.05) is 24.3 Å². The molecule has 1 aromatic carbocycles. The van der Waals surface area contributed by atoms with Crippen LogP contribution in [0.4, 0.5) is 5.00 Å². The first kappa shape index (κ1) is 16.1. The third-order valence-electron chi connectivity index (χ3n) is 3.94. The number of nitriles is 1. The molecule has 0 radical (unpaired) electrons. The van der Waals surface area contributed by atoms with E-state index in [1.165, 1.54) is 11.3 Å². The molecule has 1 N–H and O–H groups in total. The molecule has 118 valence electrons. The molecule has 0 aliphatic heterocycles. The van der Waals surface area contributed by atoms with Crippen LogP contribution in [0, 0.1) is 11.3 Å². The van der Waals surface area contributed by atoms with Crippen molar-refractivity contribution in [1.82, 2.24) is 0 Å². The Morgan fingerprint density at radius 3 is 2.91 bits per heavy atom. The molecular weight excluding hydrogens is 324 g/mol. The van der Waals surface area contributed by atoms with Crippen molar-refractivity contribution in [2.75, 3.05) is 11.1 Å². The van der Waals surface area contributed by atoms with Crippen LogP contribution in [0.3, 0.4) is 0 Å². The maximum atomic E-state index is 12.7. The van der Waals surface area contributed by atoms with Crippen molar-refractivity contribution in [3.8, 4) is 6.07 Å². The van der Waals surface area contributed by atoms with Crippen LogP contribution in [0.5, 0.6) is 0 Å². The van der Waals surface area contributed by atoms with Gasteiger partial charge in [0.05, 0.1) is 11.1 Å². The minimum atomic E-state index is -0.128. The van der Waals surface area contributed by atoms with E-state index in [4.69, 9.17) is 0 Å². The van der Waals surface area contributed by atoms with E-state index in [1.54, 1.807) is 23.1 Å². The zero-order valence-corrected chi connectivity index (χ0v) is 14.6. The van der Waals surface area contributed by atoms with Gasteiger partial charge >= 0.3 is 0 Å². The smallest absolute Gasteiger partial charge is 0.257 e. The SMILES string of the molecule is CCSc1ccccc1C(=O)Nc1sc2c(c1C#N)CCCC2. The van der Waals surface area contributed by atoms with Crippen molar-refractivity contribution in [2.24, 2.45) is 0 Å². The van der Waals surface area contributed by atoms with E-state index in [9.17, 15) is 10.1 Å². The van der Waals surface area contributed by atoms with Gasteiger partial charge in [-0.15, -0.1) is 23.1 Å². The molecule has 2 aromatic rings. The molecule has 0 atom stereocenters. The largest absolute Gasteiger partial charge is 0.312 e. The molecule has 1 heterocycles. The molecule has 1 aliphatic rings. The van der Waals surface area contributed by atoms with Crippen LogP contribution in [0.2, 0.25) is 0 Å². The normalized spacial score (nSPS) is 13.2. The van der Waals surface area contributed by atoms with Crippen molar-refractivity contribution in [3.05, 3.63) is 45.8 Å². The Morgan fingerprint density at radius 1 is 1.35 bits per heavy atom. The highest BCUT2D eigenvalue weighted by Crippen LogP contribution is 2.38. The van der Waals surface area contributed by atoms with Crippen molar-refractivity contribution in [1.29, 1.82) is 5.26 Å². The standard InChI is InChI=1S/C18H18N2OS2/c1-2-22-15-9-5-4-8-13(15)17(21)20-18-14(11-19)12-7-3-6-10-16(12)23-18/h4-5,8-9H,2-3,6-7,10H2,1H3,(H,20,21). The maximum absolute atomic E-state index is 12.7. The third-order valence-corrected chi connectivity index (χ3v) is 6.10. The zero-order valence-electron chi connectivity index (χ0n) is 13.0. The van der Waals surface area contributed by atoms with Gasteiger partial charge in [-0.3, -0.25) is 4.79 Å². The van der Waals surface area contributed by atoms with Crippen LogP contribution in [-0.4, -0.2) is 11.7 Å². The van der Waals surface area contributed by atoms with Gasteiger partial charge in [-0.1, -0.05) is 19.1 Å². The highest BCUT2D eigenvalue weighted by Gasteiger charge is 2.22. The van der Waals surface area contributed by atoms with E-state index in [-0.39, 0.29) is 5.91 Å². The monoisotopic (exact) mass is 342 g/mol. The summed E-state index contributed by atoms with van der Waals surface area (Å²) < 4.78 is 0. The van der Waals surface area contributed by atoms with Crippen LogP contribution < -0.4 is 5.32 Å². The lowest BCUT2D eigenvalue weighted by Gasteiger charge is -2.09. The Labute approximate surface area is 144 Å². The molecule has 0 unspecified atom stereocenters. The molecule has 3 rings (SSSR count). The van der Waals surface area contributed by atoms with Gasteiger partial charge in [0.1, 0.15) is 11.1 Å². The number of carbonyl (C=O) groups excluding carboxylic acids is 1. The summed E-state index contributed by atoms with van der Waals surface area (Å²) in [6.07, 6.45) is 4.27. The number of nitrogens with one attached hydrogen (secondary N) is 1. The summed E-state index contributed by atoms with van der Waals surface area (Å²) in [7, 11) is 0. The summed E-state index contributed by atoms with van der Waals surface area (Å²) in [6.45, 7) is 2.07. The third kappa shape index (κ3) is 3.29. The average molecular weight is 342 g/mol. The molecule has 0 saturated heterocycles. The van der Waals surface area contributed by atoms with Gasteiger partial charge in [-0.05, 0) is 49.1 Å². The molecule has 5 heteroatoms. The average Bonchev–Trinajstić information content (AvgIpc) is 2.92. The zero-order chi connectivity index (χ0) is 16.2. The summed E-state index contributed by atoms with van der Waals surface area (Å²) in [5.74, 6) is 0.790. The molecule has 1 amide bonds. The predicted molar refractivity (Wildman–Crippen MR) is 96.5 cm³/mol. The molecule has 0 spiro atoms. The second-order valence-electron chi connectivity index (χ2n) is 5.41. The highest BCUT2D eigenvalue weighted by molar-refractivity contribution is 7.99. The molecular formula is C18H18N2OS2. The number of amides is 1. The number of nitrogens with zero attached hydrogens (tertiary/aromatic N) is 1. The molecule has 23 heavy (non-hydrogen) atoms. The Balaban J connectivity index is 1.89. The fourth-order valence-electron chi connectivity index (χ4n) is 2.88. The molecule has 1 aliphatic carbocycles. The number of anilines is 1. The molecule has 1 aromatic heterocycles. The van der Waals surface area contributed by atoms with Gasteiger partial charge in [-0.2, -0.15) is 5.26 Å². The minimum absolute atomic E-state index is 0.128. The number of thioether (sulfide) groups is 1. The topological polar surface area (TPSA) is 52.9 Å². The maximum Gasteiger partial charge on any atom is 0.257 e. The summed E-state index contributed by atoms with van der Waals surface area (Å²) in [5.41, 5.74) is 2.49. The van der Waals surface area contributed by atoms with Crippen LogP contribution in [0.25, 0.3) is 0 Å². The summed E-state index contributed by atoms with van der Waals surface area (Å²) in [6, 6.07) is 9.92. The van der Waals surface area contributed by atoms with E-state index < -0.39 is 0 Å². The Morgan fingerprint density at radius 2 is 2.13 bits per heavy atom. The first-order valence-electron chi connectivity index (χ1n) is 7.82. The number of hydrogen-bond acceptors (Lipinski definition) is 4. The number of carbonyl (C=O) groups is 1. The number of rotatable bonds is 4. The second-order valence-corrected chi connectivity index (χ2v) is 7.82. The highest BCUT2D eigenvalue weighted by atomic mass is 32.2. The quantitative estimate of drug-likeness (QED) is 0.807. The van der Waals surface area contributed by atoms with Gasteiger partial charge < -0.3 is 5.32 Å². The van der Waals surface area contributed by atoms with Crippen molar-refractivity contribution >= 4 is 34.0 Å². The van der Waals surface area contributed by atoms with Crippen LogP contribution in [-0.2, 0) is 12.8 Å². The Bertz CT molecular complexity index is 774. The van der Waals surface area contributed by atoms with Crippen molar-refractivity contribution in [3.63, 3.8) is 0 Å². The van der Waals surface area contributed by atoms with Crippen LogP contribution in [0.15, 0.2) is 29.2 Å². The number of thiophene rings is 1. The lowest BCUT2D eigenvalue weighted by molar-refractivity contribution is 0.102. The molecule has 0 bridgehead atoms. The van der Waals surface area contributed by atoms with Gasteiger partial charge in [0.15, 0.2) is 0 Å². The Kier molecular flexibility index (Phi) is 5.04. The first-order chi connectivity index (χ1) is 11.2. The van der Waals surface area contributed by atoms with Gasteiger partial charge in [0.2, 0.25) is 0 Å². The number of aryl methyl sites for hydroxylation is 1. The predicted octanol–water partition coefficient (Wildman–Crippen LogP) is 4.86. The Hall–Kier alpha value is -1.77. The molecule has 0 saturated carbocycles. The van der Waals surface area contributed by atoms with E-state index in [2.05, 4.69) is 18.3 Å². The summed E-state index contributed by atoms with van der Waals surface area (Å²) in [5, 5.41) is 13.2. The van der Waals surface area contributed by atoms with Crippen molar-refractivity contribution < 1.29 is 4.79 Å². The molecule has 3 nitrogen and oxygen atoms in total. The van der Waals surface area contributed by atoms with Crippen molar-refractivity contribution in [2.45, 2.75) is 37.5 Å². The fourth-order valence-corrected chi connectivity index (χ4v) is 4.92. The van der Waals surface area contributed by atoms with E-state index >= 15 is 0 Å². The van der Waals surface area contributed by atoms with Gasteiger partial charge in [0, 0.05) is 9.77 Å². The minimum Gasteiger partial charge on any atom is -0.312 e. The molecule has 0 fully saturated rings. The first-order valence-corrected chi connectivity index (χ1v) is 9.62. The van der Waals surface area contributed by atoms with Crippen LogP contribution in [0.1, 0.15) is 46.1 Å². The summed E-state index contributed by atoms with van der Waals surface area (Å²) >= 11 is 3.22. The second kappa shape index (κ2) is 7.20. The number of benzene rings is 1. The number of hydrogen-bond donors (Lipinski definition) is 1. The van der Waals surface area contributed by atoms with E-state index in [0.29, 0.717) is 16.1 Å². The summed E-state index contributed by atoms with van der Waals surface area (Å²) in [4.78, 5) is 14.9. The van der Waals surface area contributed by atoms with E-state index in [0.717, 1.165) is 35.5 Å². The van der Waals surface area contributed by atoms with Gasteiger partial charge in [0.25, 0.3) is 5.91 Å². The lowest BCUT2D eigenvalue weighted by atomic mass is 9.96.